The van der Waals surface area contributed by atoms with Gasteiger partial charge in [-0.3, -0.25) is 0 Å². The Bertz CT molecular complexity index is 334. The number of rotatable bonds is 1. The van der Waals surface area contributed by atoms with Crippen molar-refractivity contribution in [1.29, 1.82) is 0 Å². The van der Waals surface area contributed by atoms with Crippen molar-refractivity contribution in [3.8, 4) is 0 Å². The minimum Gasteiger partial charge on any atom is -0.376 e. The Balaban J connectivity index is 2.19. The molecule has 0 amide bonds. The Morgan fingerprint density at radius 2 is 1.88 bits per heavy atom. The molecule has 2 aliphatic carbocycles. The maximum absolute atomic E-state index is 5.57. The van der Waals surface area contributed by atoms with Crippen LogP contribution >= 0.6 is 12.2 Å². The zero-order valence-corrected chi connectivity index (χ0v) is 10.5. The first kappa shape index (κ1) is 11.6. The van der Waals surface area contributed by atoms with Crippen LogP contribution in [0, 0.1) is 0 Å². The van der Waals surface area contributed by atoms with E-state index in [1.165, 1.54) is 56.2 Å². The molecule has 2 nitrogen and oxygen atoms in total. The van der Waals surface area contributed by atoms with Crippen molar-refractivity contribution in [3.05, 3.63) is 22.9 Å². The van der Waals surface area contributed by atoms with Crippen LogP contribution in [0.1, 0.15) is 51.4 Å². The normalized spacial score (nSPS) is 21.6. The van der Waals surface area contributed by atoms with Crippen LogP contribution < -0.4 is 11.1 Å². The first-order valence-electron chi connectivity index (χ1n) is 6.25. The van der Waals surface area contributed by atoms with Gasteiger partial charge in [-0.15, -0.1) is 0 Å². The highest BCUT2D eigenvalue weighted by Gasteiger charge is 2.17. The molecular weight excluding hydrogens is 216 g/mol. The van der Waals surface area contributed by atoms with Gasteiger partial charge in [0, 0.05) is 5.70 Å². The Labute approximate surface area is 103 Å². The van der Waals surface area contributed by atoms with E-state index in [-0.39, 0.29) is 0 Å². The number of hydrogen-bond donors (Lipinski definition) is 2. The van der Waals surface area contributed by atoms with Crippen LogP contribution in [0.4, 0.5) is 0 Å². The maximum Gasteiger partial charge on any atom is 0.168 e. The molecule has 16 heavy (non-hydrogen) atoms. The van der Waals surface area contributed by atoms with Gasteiger partial charge in [-0.25, -0.2) is 0 Å². The van der Waals surface area contributed by atoms with Crippen molar-refractivity contribution in [1.82, 2.24) is 5.32 Å². The maximum atomic E-state index is 5.57. The Morgan fingerprint density at radius 3 is 2.56 bits per heavy atom. The predicted molar refractivity (Wildman–Crippen MR) is 72.0 cm³/mol. The Hall–Kier alpha value is -0.830. The lowest BCUT2D eigenvalue weighted by Gasteiger charge is -2.24. The van der Waals surface area contributed by atoms with Crippen LogP contribution in [-0.4, -0.2) is 5.11 Å². The smallest absolute Gasteiger partial charge is 0.168 e. The Morgan fingerprint density at radius 1 is 1.12 bits per heavy atom. The lowest BCUT2D eigenvalue weighted by Crippen LogP contribution is -2.30. The molecule has 0 aromatic carbocycles. The number of nitrogens with one attached hydrogen (secondary N) is 1. The summed E-state index contributed by atoms with van der Waals surface area (Å²) in [6, 6.07) is 0. The molecule has 2 aliphatic rings. The van der Waals surface area contributed by atoms with Gasteiger partial charge in [0.25, 0.3) is 0 Å². The third-order valence-corrected chi connectivity index (χ3v) is 3.55. The van der Waals surface area contributed by atoms with Crippen molar-refractivity contribution in [2.75, 3.05) is 0 Å². The van der Waals surface area contributed by atoms with E-state index in [1.54, 1.807) is 5.57 Å². The molecule has 0 spiro atoms. The summed E-state index contributed by atoms with van der Waals surface area (Å²) >= 11 is 4.93. The van der Waals surface area contributed by atoms with Crippen molar-refractivity contribution < 1.29 is 0 Å². The number of allylic oxidation sites excluding steroid dienone is 3. The van der Waals surface area contributed by atoms with Gasteiger partial charge in [-0.05, 0) is 62.7 Å². The van der Waals surface area contributed by atoms with Crippen molar-refractivity contribution in [2.24, 2.45) is 5.73 Å². The number of nitrogens with two attached hydrogens (primary N) is 1. The molecule has 0 atom stereocenters. The van der Waals surface area contributed by atoms with E-state index in [9.17, 15) is 0 Å². The second-order valence-electron chi connectivity index (χ2n) is 4.64. The van der Waals surface area contributed by atoms with Crippen LogP contribution in [0.25, 0.3) is 0 Å². The molecule has 0 saturated heterocycles. The third-order valence-electron chi connectivity index (χ3n) is 3.45. The van der Waals surface area contributed by atoms with E-state index in [0.717, 1.165) is 6.42 Å². The Kier molecular flexibility index (Phi) is 3.99. The molecule has 88 valence electrons. The van der Waals surface area contributed by atoms with Gasteiger partial charge in [0.05, 0.1) is 0 Å². The average Bonchev–Trinajstić information content (AvgIpc) is 2.30. The fraction of sp³-hybridized carbons (Fsp3) is 0.615. The summed E-state index contributed by atoms with van der Waals surface area (Å²) < 4.78 is 0. The fourth-order valence-corrected chi connectivity index (χ4v) is 2.80. The molecule has 1 saturated carbocycles. The van der Waals surface area contributed by atoms with E-state index in [1.807, 2.05) is 0 Å². The molecule has 0 aromatic heterocycles. The van der Waals surface area contributed by atoms with E-state index in [2.05, 4.69) is 11.4 Å². The quantitative estimate of drug-likeness (QED) is 0.687. The van der Waals surface area contributed by atoms with Gasteiger partial charge in [0.1, 0.15) is 0 Å². The lowest BCUT2D eigenvalue weighted by molar-refractivity contribution is 0.586. The summed E-state index contributed by atoms with van der Waals surface area (Å²) in [4.78, 5) is 0. The van der Waals surface area contributed by atoms with Crippen LogP contribution in [0.15, 0.2) is 22.9 Å². The molecule has 0 bridgehead atoms. The van der Waals surface area contributed by atoms with Crippen molar-refractivity contribution >= 4 is 17.3 Å². The minimum absolute atomic E-state index is 0.391. The molecule has 0 unspecified atom stereocenters. The second-order valence-corrected chi connectivity index (χ2v) is 5.08. The zero-order valence-electron chi connectivity index (χ0n) is 9.72. The summed E-state index contributed by atoms with van der Waals surface area (Å²) in [5.74, 6) is 0. The molecule has 0 radical (unpaired) electrons. The van der Waals surface area contributed by atoms with Gasteiger partial charge in [0.2, 0.25) is 0 Å². The van der Waals surface area contributed by atoms with Crippen molar-refractivity contribution in [3.63, 3.8) is 0 Å². The number of thiocarbonyl (C=S) groups is 1. The van der Waals surface area contributed by atoms with Crippen molar-refractivity contribution in [2.45, 2.75) is 51.4 Å². The van der Waals surface area contributed by atoms with E-state index in [4.69, 9.17) is 18.0 Å². The van der Waals surface area contributed by atoms with Crippen LogP contribution in [0.2, 0.25) is 0 Å². The fourth-order valence-electron chi connectivity index (χ4n) is 2.69. The van der Waals surface area contributed by atoms with Gasteiger partial charge in [-0.1, -0.05) is 18.1 Å². The van der Waals surface area contributed by atoms with Crippen LogP contribution in [-0.2, 0) is 0 Å². The van der Waals surface area contributed by atoms with E-state index < -0.39 is 0 Å². The summed E-state index contributed by atoms with van der Waals surface area (Å²) in [6.45, 7) is 0. The van der Waals surface area contributed by atoms with E-state index in [0.29, 0.717) is 5.11 Å². The predicted octanol–water partition coefficient (Wildman–Crippen LogP) is 3.15. The third kappa shape index (κ3) is 2.85. The topological polar surface area (TPSA) is 38.0 Å². The average molecular weight is 236 g/mol. The summed E-state index contributed by atoms with van der Waals surface area (Å²) in [7, 11) is 0. The zero-order chi connectivity index (χ0) is 11.4. The highest BCUT2D eigenvalue weighted by molar-refractivity contribution is 7.80. The molecule has 2 rings (SSSR count). The molecular formula is C13H20N2S. The molecule has 1 fully saturated rings. The van der Waals surface area contributed by atoms with E-state index >= 15 is 0 Å². The molecule has 3 heteroatoms. The van der Waals surface area contributed by atoms with Gasteiger partial charge in [0.15, 0.2) is 5.11 Å². The molecule has 0 aliphatic heterocycles. The minimum atomic E-state index is 0.391. The van der Waals surface area contributed by atoms with Crippen LogP contribution in [0.5, 0.6) is 0 Å². The monoisotopic (exact) mass is 236 g/mol. The summed E-state index contributed by atoms with van der Waals surface area (Å²) in [6.07, 6.45) is 12.5. The molecule has 3 N–H and O–H groups in total. The largest absolute Gasteiger partial charge is 0.376 e. The SMILES string of the molecule is NC(=S)NC1=CCCCC1=C1CCCCC1. The summed E-state index contributed by atoms with van der Waals surface area (Å²) in [5, 5.41) is 3.53. The number of hydrogen-bond acceptors (Lipinski definition) is 1. The van der Waals surface area contributed by atoms with Gasteiger partial charge in [-0.2, -0.15) is 0 Å². The summed E-state index contributed by atoms with van der Waals surface area (Å²) in [5.41, 5.74) is 9.90. The molecule has 0 aromatic rings. The van der Waals surface area contributed by atoms with Gasteiger partial charge < -0.3 is 11.1 Å². The van der Waals surface area contributed by atoms with Gasteiger partial charge >= 0.3 is 0 Å². The molecule has 0 heterocycles. The second kappa shape index (κ2) is 5.48. The highest BCUT2D eigenvalue weighted by Crippen LogP contribution is 2.33. The standard InChI is InChI=1S/C13H20N2S/c14-13(16)15-12-9-5-4-8-11(12)10-6-2-1-3-7-10/h9H,1-8H2,(H3,14,15,16). The lowest BCUT2D eigenvalue weighted by atomic mass is 9.85. The van der Waals surface area contributed by atoms with Crippen LogP contribution in [0.3, 0.4) is 0 Å². The first-order valence-corrected chi connectivity index (χ1v) is 6.66. The first-order chi connectivity index (χ1) is 7.77. The highest BCUT2D eigenvalue weighted by atomic mass is 32.1.